The fourth-order valence-electron chi connectivity index (χ4n) is 10.9. The van der Waals surface area contributed by atoms with Crippen molar-refractivity contribution in [3.05, 3.63) is 77.5 Å². The number of nitriles is 1. The van der Waals surface area contributed by atoms with E-state index in [0.717, 1.165) is 131 Å². The SMILES string of the molecule is CCC1(C(=O)NC2CCC2)CCN(c2ccc(-c3nc(-c4cnn([C@H]5CC[C@H](N6CCC(c7ccc(NC8CCC(=O)NC8=O)cc7Cl)CC6)CC5)c4)cn4ncc(C#N)c34)cn2)CC1. The molecule has 10 rings (SSSR count). The van der Waals surface area contributed by atoms with Gasteiger partial charge in [0.1, 0.15) is 29.0 Å². The molecule has 1 unspecified atom stereocenters. The highest BCUT2D eigenvalue weighted by Gasteiger charge is 2.41. The van der Waals surface area contributed by atoms with E-state index in [0.29, 0.717) is 58.7 Å². The molecule has 0 spiro atoms. The molecule has 65 heavy (non-hydrogen) atoms. The molecule has 5 aliphatic rings. The highest BCUT2D eigenvalue weighted by molar-refractivity contribution is 6.31. The Morgan fingerprint density at radius 3 is 2.37 bits per heavy atom. The van der Waals surface area contributed by atoms with Crippen LogP contribution in [0.15, 0.2) is 61.3 Å². The number of aromatic nitrogens is 6. The molecule has 1 atom stereocenters. The normalized spacial score (nSPS) is 23.2. The van der Waals surface area contributed by atoms with Gasteiger partial charge in [-0.1, -0.05) is 24.6 Å². The Morgan fingerprint density at radius 2 is 1.69 bits per heavy atom. The molecule has 5 fully saturated rings. The number of imide groups is 1. The highest BCUT2D eigenvalue weighted by atomic mass is 35.5. The van der Waals surface area contributed by atoms with Gasteiger partial charge in [0.25, 0.3) is 0 Å². The van der Waals surface area contributed by atoms with Crippen LogP contribution < -0.4 is 20.9 Å². The number of amides is 3. The van der Waals surface area contributed by atoms with Crippen molar-refractivity contribution in [1.82, 2.24) is 44.9 Å². The molecule has 16 heteroatoms. The number of benzene rings is 1. The summed E-state index contributed by atoms with van der Waals surface area (Å²) in [5, 5.41) is 29.1. The lowest BCUT2D eigenvalue weighted by atomic mass is 9.74. The zero-order chi connectivity index (χ0) is 44.7. The van der Waals surface area contributed by atoms with Gasteiger partial charge < -0.3 is 20.4 Å². The number of anilines is 2. The van der Waals surface area contributed by atoms with Crippen LogP contribution in [0.3, 0.4) is 0 Å². The van der Waals surface area contributed by atoms with Crippen LogP contribution in [0.2, 0.25) is 5.02 Å². The number of halogens is 1. The van der Waals surface area contributed by atoms with Crippen molar-refractivity contribution in [3.63, 3.8) is 0 Å². The van der Waals surface area contributed by atoms with Crippen molar-refractivity contribution in [3.8, 4) is 28.6 Å². The number of carbonyl (C=O) groups is 3. The van der Waals surface area contributed by atoms with Gasteiger partial charge in [-0.3, -0.25) is 24.4 Å². The van der Waals surface area contributed by atoms with Crippen LogP contribution in [0.4, 0.5) is 11.5 Å². The molecule has 2 aliphatic carbocycles. The predicted molar refractivity (Wildman–Crippen MR) is 248 cm³/mol. The van der Waals surface area contributed by atoms with Crippen molar-refractivity contribution in [1.29, 1.82) is 5.26 Å². The first kappa shape index (κ1) is 43.1. The number of pyridine rings is 1. The first-order valence-corrected chi connectivity index (χ1v) is 24.0. The van der Waals surface area contributed by atoms with Gasteiger partial charge in [0.15, 0.2) is 0 Å². The monoisotopic (exact) mass is 896 g/mol. The van der Waals surface area contributed by atoms with Gasteiger partial charge in [-0.2, -0.15) is 15.5 Å². The summed E-state index contributed by atoms with van der Waals surface area (Å²) in [5.74, 6) is 0.958. The van der Waals surface area contributed by atoms with Gasteiger partial charge >= 0.3 is 0 Å². The first-order valence-electron chi connectivity index (χ1n) is 23.7. The molecule has 5 aromatic rings. The topological polar surface area (TPSA) is 178 Å². The number of nitrogens with one attached hydrogen (secondary N) is 3. The molecule has 3 N–H and O–H groups in total. The van der Waals surface area contributed by atoms with Crippen molar-refractivity contribution in [2.75, 3.05) is 36.4 Å². The Morgan fingerprint density at radius 1 is 0.908 bits per heavy atom. The van der Waals surface area contributed by atoms with Crippen molar-refractivity contribution < 1.29 is 14.4 Å². The number of likely N-dealkylation sites (tertiary alicyclic amines) is 1. The maximum absolute atomic E-state index is 13.3. The minimum Gasteiger partial charge on any atom is -0.374 e. The van der Waals surface area contributed by atoms with E-state index in [4.69, 9.17) is 26.7 Å². The lowest BCUT2D eigenvalue weighted by Crippen LogP contribution is -2.52. The van der Waals surface area contributed by atoms with Crippen LogP contribution in [0.1, 0.15) is 120 Å². The Hall–Kier alpha value is -5.85. The van der Waals surface area contributed by atoms with Gasteiger partial charge in [0.2, 0.25) is 17.7 Å². The van der Waals surface area contributed by atoms with Gasteiger partial charge in [0.05, 0.1) is 41.4 Å². The largest absolute Gasteiger partial charge is 0.374 e. The minimum atomic E-state index is -0.438. The third-order valence-corrected chi connectivity index (χ3v) is 15.6. The maximum Gasteiger partial charge on any atom is 0.249 e. The molecule has 338 valence electrons. The van der Waals surface area contributed by atoms with E-state index in [2.05, 4.69) is 60.8 Å². The van der Waals surface area contributed by atoms with Crippen LogP contribution in [0.5, 0.6) is 0 Å². The van der Waals surface area contributed by atoms with Gasteiger partial charge in [-0.05, 0) is 132 Å². The number of hydrogen-bond acceptors (Lipinski definition) is 11. The van der Waals surface area contributed by atoms with Gasteiger partial charge in [-0.15, -0.1) is 0 Å². The molecular formula is C49H57ClN12O3. The third kappa shape index (κ3) is 8.70. The summed E-state index contributed by atoms with van der Waals surface area (Å²) in [5.41, 5.74) is 5.78. The van der Waals surface area contributed by atoms with Crippen LogP contribution in [0.25, 0.3) is 28.0 Å². The molecule has 0 radical (unpaired) electrons. The van der Waals surface area contributed by atoms with E-state index in [1.165, 1.54) is 6.42 Å². The zero-order valence-electron chi connectivity index (χ0n) is 37.0. The summed E-state index contributed by atoms with van der Waals surface area (Å²) in [6, 6.07) is 13.1. The molecule has 3 saturated heterocycles. The number of piperidine rings is 3. The number of hydrogen-bond donors (Lipinski definition) is 3. The molecule has 15 nitrogen and oxygen atoms in total. The van der Waals surface area contributed by atoms with Crippen molar-refractivity contribution in [2.45, 2.75) is 127 Å². The van der Waals surface area contributed by atoms with Crippen LogP contribution in [-0.2, 0) is 14.4 Å². The second-order valence-corrected chi connectivity index (χ2v) is 19.3. The highest BCUT2D eigenvalue weighted by Crippen LogP contribution is 2.40. The van der Waals surface area contributed by atoms with Gasteiger partial charge in [0, 0.05) is 65.8 Å². The second kappa shape index (κ2) is 18.2. The van der Waals surface area contributed by atoms with E-state index in [1.54, 1.807) is 10.7 Å². The molecule has 2 saturated carbocycles. The van der Waals surface area contributed by atoms with Gasteiger partial charge in [-0.25, -0.2) is 14.5 Å². The molecule has 3 amide bonds. The fourth-order valence-corrected chi connectivity index (χ4v) is 11.2. The van der Waals surface area contributed by atoms with Crippen LogP contribution in [0, 0.1) is 16.7 Å². The molecular weight excluding hydrogens is 840 g/mol. The lowest BCUT2D eigenvalue weighted by Gasteiger charge is -2.42. The quantitative estimate of drug-likeness (QED) is 0.112. The number of nitrogens with zero attached hydrogens (tertiary/aromatic N) is 9. The molecule has 0 bridgehead atoms. The average Bonchev–Trinajstić information content (AvgIpc) is 3.99. The zero-order valence-corrected chi connectivity index (χ0v) is 37.8. The van der Waals surface area contributed by atoms with E-state index in [1.807, 2.05) is 42.9 Å². The second-order valence-electron chi connectivity index (χ2n) is 18.9. The summed E-state index contributed by atoms with van der Waals surface area (Å²) >= 11 is 6.82. The van der Waals surface area contributed by atoms with E-state index in [9.17, 15) is 19.6 Å². The number of rotatable bonds is 11. The maximum atomic E-state index is 13.3. The standard InChI is InChI=1S/C49H57ClN12O3/c1-2-49(48(65)56-35-4-3-5-35)18-22-60(23-19-49)43-14-6-32(26-52-43)45-46-33(25-51)27-54-62(46)30-42(57-45)34-28-53-61(29-34)38-10-8-37(9-11-38)59-20-16-31(17-21-59)39-12-7-36(24-40(39)50)55-41-13-15-44(63)58-47(41)64/h6-7,12,14,24,26-31,35,37-38,41,55H,2-5,8-11,13,15-23H2,1H3,(H,56,65)(H,58,63,64)/t37-,38-,41?. The number of fused-ring (bicyclic) bond motifs is 1. The van der Waals surface area contributed by atoms with Crippen molar-refractivity contribution in [2.24, 2.45) is 5.41 Å². The summed E-state index contributed by atoms with van der Waals surface area (Å²) in [6.45, 7) is 5.74. The summed E-state index contributed by atoms with van der Waals surface area (Å²) < 4.78 is 3.84. The lowest BCUT2D eigenvalue weighted by molar-refractivity contribution is -0.134. The minimum absolute atomic E-state index is 0.217. The van der Waals surface area contributed by atoms with E-state index in [-0.39, 0.29) is 23.1 Å². The van der Waals surface area contributed by atoms with E-state index >= 15 is 0 Å². The Bertz CT molecular complexity index is 2610. The van der Waals surface area contributed by atoms with Crippen LogP contribution >= 0.6 is 11.6 Å². The Kier molecular flexibility index (Phi) is 12.1. The molecule has 4 aromatic heterocycles. The summed E-state index contributed by atoms with van der Waals surface area (Å²) in [6.07, 6.45) is 22.3. The first-order chi connectivity index (χ1) is 31.7. The molecule has 1 aromatic carbocycles. The van der Waals surface area contributed by atoms with Crippen LogP contribution in [-0.4, -0.2) is 96.3 Å². The predicted octanol–water partition coefficient (Wildman–Crippen LogP) is 7.43. The average molecular weight is 898 g/mol. The third-order valence-electron chi connectivity index (χ3n) is 15.3. The Labute approximate surface area is 384 Å². The Balaban J connectivity index is 0.757. The smallest absolute Gasteiger partial charge is 0.249 e. The fraction of sp³-hybridized carbons (Fsp3) is 0.510. The molecule has 3 aliphatic heterocycles. The van der Waals surface area contributed by atoms with Crippen molar-refractivity contribution >= 4 is 46.3 Å². The van der Waals surface area contributed by atoms with E-state index < -0.39 is 6.04 Å². The summed E-state index contributed by atoms with van der Waals surface area (Å²) in [4.78, 5) is 52.1. The summed E-state index contributed by atoms with van der Waals surface area (Å²) in [7, 11) is 0. The number of carbonyl (C=O) groups excluding carboxylic acids is 3. The molecule has 7 heterocycles.